The van der Waals surface area contributed by atoms with E-state index in [0.29, 0.717) is 31.7 Å². The van der Waals surface area contributed by atoms with Gasteiger partial charge < -0.3 is 10.6 Å². The fourth-order valence-electron chi connectivity index (χ4n) is 4.09. The zero-order chi connectivity index (χ0) is 25.0. The number of amides is 2. The van der Waals surface area contributed by atoms with Gasteiger partial charge in [0, 0.05) is 49.4 Å². The van der Waals surface area contributed by atoms with Gasteiger partial charge >= 0.3 is 0 Å². The van der Waals surface area contributed by atoms with Crippen molar-refractivity contribution in [3.8, 4) is 11.8 Å². The highest BCUT2D eigenvalue weighted by Crippen LogP contribution is 2.29. The number of carbonyl (C=O) groups is 3. The number of allylic oxidation sites excluding steroid dienone is 1. The quantitative estimate of drug-likeness (QED) is 0.380. The van der Waals surface area contributed by atoms with Crippen molar-refractivity contribution in [1.82, 2.24) is 10.6 Å². The molecule has 35 heavy (non-hydrogen) atoms. The predicted octanol–water partition coefficient (Wildman–Crippen LogP) is 4.30. The summed E-state index contributed by atoms with van der Waals surface area (Å²) in [6.45, 7) is 4.95. The molecule has 3 rings (SSSR count). The summed E-state index contributed by atoms with van der Waals surface area (Å²) < 4.78 is 0. The Balaban J connectivity index is 1.47. The predicted molar refractivity (Wildman–Crippen MR) is 139 cm³/mol. The average molecular weight is 471 g/mol. The van der Waals surface area contributed by atoms with Gasteiger partial charge in [0.1, 0.15) is 5.78 Å². The molecule has 0 fully saturated rings. The second kappa shape index (κ2) is 13.3. The minimum Gasteiger partial charge on any atom is -0.356 e. The molecule has 1 unspecified atom stereocenters. The van der Waals surface area contributed by atoms with Crippen molar-refractivity contribution in [1.29, 1.82) is 0 Å². The van der Waals surface area contributed by atoms with Crippen LogP contribution in [0.15, 0.2) is 60.7 Å². The Kier molecular flexibility index (Phi) is 9.86. The van der Waals surface area contributed by atoms with Crippen LogP contribution in [0.5, 0.6) is 0 Å². The van der Waals surface area contributed by atoms with E-state index in [1.54, 1.807) is 0 Å². The number of benzene rings is 2. The molecule has 0 radical (unpaired) electrons. The maximum absolute atomic E-state index is 13.2. The van der Waals surface area contributed by atoms with E-state index >= 15 is 0 Å². The fraction of sp³-hybridized carbons (Fsp3) is 0.367. The van der Waals surface area contributed by atoms with Crippen LogP contribution >= 0.6 is 0 Å². The zero-order valence-corrected chi connectivity index (χ0v) is 20.6. The molecule has 0 aromatic heterocycles. The van der Waals surface area contributed by atoms with Crippen molar-refractivity contribution < 1.29 is 14.4 Å². The van der Waals surface area contributed by atoms with Gasteiger partial charge in [0.2, 0.25) is 11.8 Å². The summed E-state index contributed by atoms with van der Waals surface area (Å²) in [4.78, 5) is 37.3. The SMILES string of the molecule is CC(C)/C=C/CNC(=O)CCCC(=O)NCCC(=O)C1Cc2ccccc2C#Cc2ccccc21. The fourth-order valence-corrected chi connectivity index (χ4v) is 4.09. The van der Waals surface area contributed by atoms with Crippen LogP contribution in [0.1, 0.15) is 67.7 Å². The van der Waals surface area contributed by atoms with Crippen molar-refractivity contribution in [2.45, 2.75) is 51.9 Å². The van der Waals surface area contributed by atoms with Gasteiger partial charge in [-0.1, -0.05) is 74.2 Å². The van der Waals surface area contributed by atoms with Gasteiger partial charge in [0.15, 0.2) is 0 Å². The number of ketones is 1. The maximum Gasteiger partial charge on any atom is 0.220 e. The van der Waals surface area contributed by atoms with E-state index in [1.807, 2.05) is 60.7 Å². The normalized spacial score (nSPS) is 14.2. The number of hydrogen-bond donors (Lipinski definition) is 2. The Bertz CT molecular complexity index is 1140. The van der Waals surface area contributed by atoms with Crippen LogP contribution in [0.25, 0.3) is 0 Å². The molecular formula is C30H34N2O3. The molecule has 2 amide bonds. The lowest BCUT2D eigenvalue weighted by Gasteiger charge is -2.20. The molecule has 0 spiro atoms. The monoisotopic (exact) mass is 470 g/mol. The van der Waals surface area contributed by atoms with Crippen molar-refractivity contribution in [2.75, 3.05) is 13.1 Å². The summed E-state index contributed by atoms with van der Waals surface area (Å²) >= 11 is 0. The molecule has 2 aromatic carbocycles. The van der Waals surface area contributed by atoms with Crippen LogP contribution in [0.2, 0.25) is 0 Å². The van der Waals surface area contributed by atoms with Crippen molar-refractivity contribution in [3.05, 3.63) is 82.9 Å². The van der Waals surface area contributed by atoms with Crippen molar-refractivity contribution in [2.24, 2.45) is 5.92 Å². The lowest BCUT2D eigenvalue weighted by Crippen LogP contribution is -2.28. The molecule has 0 heterocycles. The first-order chi connectivity index (χ1) is 16.9. The minimum absolute atomic E-state index is 0.0623. The summed E-state index contributed by atoms with van der Waals surface area (Å²) in [5.41, 5.74) is 3.84. The second-order valence-corrected chi connectivity index (χ2v) is 9.15. The number of nitrogens with one attached hydrogen (secondary N) is 2. The molecule has 0 saturated carbocycles. The Hall–Kier alpha value is -3.65. The zero-order valence-electron chi connectivity index (χ0n) is 20.6. The van der Waals surface area contributed by atoms with E-state index in [0.717, 1.165) is 22.3 Å². The van der Waals surface area contributed by atoms with E-state index in [4.69, 9.17) is 0 Å². The maximum atomic E-state index is 13.2. The van der Waals surface area contributed by atoms with Gasteiger partial charge in [0.05, 0.1) is 0 Å². The highest BCUT2D eigenvalue weighted by Gasteiger charge is 2.24. The lowest BCUT2D eigenvalue weighted by molar-refractivity contribution is -0.122. The summed E-state index contributed by atoms with van der Waals surface area (Å²) in [6, 6.07) is 15.7. The molecule has 1 aliphatic carbocycles. The van der Waals surface area contributed by atoms with Crippen LogP contribution in [0.3, 0.4) is 0 Å². The van der Waals surface area contributed by atoms with Gasteiger partial charge in [0.25, 0.3) is 0 Å². The van der Waals surface area contributed by atoms with E-state index in [-0.39, 0.29) is 42.9 Å². The molecule has 5 heteroatoms. The molecule has 182 valence electrons. The van der Waals surface area contributed by atoms with Crippen LogP contribution < -0.4 is 10.6 Å². The van der Waals surface area contributed by atoms with Crippen LogP contribution in [-0.4, -0.2) is 30.7 Å². The van der Waals surface area contributed by atoms with E-state index in [1.165, 1.54) is 0 Å². The molecule has 0 saturated heterocycles. The van der Waals surface area contributed by atoms with Crippen molar-refractivity contribution >= 4 is 17.6 Å². The lowest BCUT2D eigenvalue weighted by atomic mass is 9.82. The molecule has 2 N–H and O–H groups in total. The van der Waals surface area contributed by atoms with Crippen LogP contribution in [0.4, 0.5) is 0 Å². The molecule has 0 bridgehead atoms. The van der Waals surface area contributed by atoms with Gasteiger partial charge in [-0.25, -0.2) is 0 Å². The number of hydrogen-bond acceptors (Lipinski definition) is 3. The molecule has 1 atom stereocenters. The van der Waals surface area contributed by atoms with Crippen molar-refractivity contribution in [3.63, 3.8) is 0 Å². The molecule has 1 aliphatic rings. The topological polar surface area (TPSA) is 75.3 Å². The van der Waals surface area contributed by atoms with E-state index in [2.05, 4.69) is 36.3 Å². The highest BCUT2D eigenvalue weighted by atomic mass is 16.2. The number of fused-ring (bicyclic) bond motifs is 2. The smallest absolute Gasteiger partial charge is 0.220 e. The molecule has 5 nitrogen and oxygen atoms in total. The molecule has 0 aliphatic heterocycles. The minimum atomic E-state index is -0.299. The average Bonchev–Trinajstić information content (AvgIpc) is 2.83. The summed E-state index contributed by atoms with van der Waals surface area (Å²) in [5.74, 6) is 6.50. The Morgan fingerprint density at radius 2 is 1.57 bits per heavy atom. The third-order valence-corrected chi connectivity index (χ3v) is 5.94. The standard InChI is InChI=1S/C30H34N2O3/c1-22(2)9-8-19-31-29(34)14-7-15-30(35)32-20-18-28(33)27-21-25-12-4-3-10-23(25)16-17-24-11-5-6-13-26(24)27/h3-6,8-13,22,27H,7,14-15,18-21H2,1-2H3,(H,31,34)(H,32,35)/b9-8+. The van der Waals surface area contributed by atoms with Crippen LogP contribution in [-0.2, 0) is 20.8 Å². The third kappa shape index (κ3) is 8.26. The highest BCUT2D eigenvalue weighted by molar-refractivity contribution is 5.88. The second-order valence-electron chi connectivity index (χ2n) is 9.15. The summed E-state index contributed by atoms with van der Waals surface area (Å²) in [7, 11) is 0. The first kappa shape index (κ1) is 26.0. The van der Waals surface area contributed by atoms with Gasteiger partial charge in [-0.15, -0.1) is 0 Å². The van der Waals surface area contributed by atoms with Gasteiger partial charge in [-0.05, 0) is 42.0 Å². The first-order valence-electron chi connectivity index (χ1n) is 12.4. The van der Waals surface area contributed by atoms with Gasteiger partial charge in [-0.2, -0.15) is 0 Å². The molecule has 2 aromatic rings. The summed E-state index contributed by atoms with van der Waals surface area (Å²) in [5, 5.41) is 5.65. The first-order valence-corrected chi connectivity index (χ1v) is 12.4. The van der Waals surface area contributed by atoms with E-state index < -0.39 is 0 Å². The third-order valence-electron chi connectivity index (χ3n) is 5.94. The Morgan fingerprint density at radius 1 is 0.914 bits per heavy atom. The molecular weight excluding hydrogens is 436 g/mol. The number of Topliss-reactive ketones (excluding diaryl/α,β-unsaturated/α-hetero) is 1. The van der Waals surface area contributed by atoms with Gasteiger partial charge in [-0.3, -0.25) is 14.4 Å². The van der Waals surface area contributed by atoms with Crippen LogP contribution in [0, 0.1) is 17.8 Å². The largest absolute Gasteiger partial charge is 0.356 e. The number of rotatable bonds is 11. The Labute approximate surface area is 208 Å². The Morgan fingerprint density at radius 3 is 2.34 bits per heavy atom. The number of carbonyl (C=O) groups excluding carboxylic acids is 3. The summed E-state index contributed by atoms with van der Waals surface area (Å²) in [6.07, 6.45) is 5.87. The van der Waals surface area contributed by atoms with E-state index in [9.17, 15) is 14.4 Å².